The highest BCUT2D eigenvalue weighted by molar-refractivity contribution is 5.77. The monoisotopic (exact) mass is 226 g/mol. The Hall–Kier alpha value is -1.56. The Morgan fingerprint density at radius 3 is 2.53 bits per heavy atom. The molecule has 1 aromatic rings. The summed E-state index contributed by atoms with van der Waals surface area (Å²) in [6.45, 7) is 10.3. The van der Waals surface area contributed by atoms with Gasteiger partial charge < -0.3 is 0 Å². The molecule has 0 atom stereocenters. The SMILES string of the molecule is C=C/C=C(\C=C/C)c1cccc(CC)c1CC. The normalized spacial score (nSPS) is 12.1. The van der Waals surface area contributed by atoms with Crippen molar-refractivity contribution in [2.45, 2.75) is 33.6 Å². The molecule has 0 nitrogen and oxygen atoms in total. The Balaban J connectivity index is 3.37. The van der Waals surface area contributed by atoms with Crippen molar-refractivity contribution < 1.29 is 0 Å². The van der Waals surface area contributed by atoms with Crippen molar-refractivity contribution in [1.29, 1.82) is 0 Å². The van der Waals surface area contributed by atoms with Crippen LogP contribution in [0.4, 0.5) is 0 Å². The quantitative estimate of drug-likeness (QED) is 0.623. The molecule has 0 radical (unpaired) electrons. The lowest BCUT2D eigenvalue weighted by atomic mass is 9.92. The molecule has 0 unspecified atom stereocenters. The topological polar surface area (TPSA) is 0 Å². The predicted molar refractivity (Wildman–Crippen MR) is 78.2 cm³/mol. The van der Waals surface area contributed by atoms with Crippen LogP contribution in [0.1, 0.15) is 37.5 Å². The van der Waals surface area contributed by atoms with Crippen molar-refractivity contribution >= 4 is 5.57 Å². The van der Waals surface area contributed by atoms with Crippen molar-refractivity contribution in [2.24, 2.45) is 0 Å². The van der Waals surface area contributed by atoms with Gasteiger partial charge in [0.1, 0.15) is 0 Å². The van der Waals surface area contributed by atoms with Crippen LogP contribution in [0.25, 0.3) is 5.57 Å². The third-order valence-electron chi connectivity index (χ3n) is 2.96. The maximum atomic E-state index is 3.80. The van der Waals surface area contributed by atoms with Crippen molar-refractivity contribution in [1.82, 2.24) is 0 Å². The first kappa shape index (κ1) is 13.5. The maximum absolute atomic E-state index is 3.80. The summed E-state index contributed by atoms with van der Waals surface area (Å²) in [5, 5.41) is 0. The Labute approximate surface area is 105 Å². The molecule has 0 N–H and O–H groups in total. The Kier molecular flexibility index (Phi) is 5.48. The van der Waals surface area contributed by atoms with Gasteiger partial charge in [0, 0.05) is 0 Å². The molecule has 0 aliphatic rings. The highest BCUT2D eigenvalue weighted by Crippen LogP contribution is 2.24. The predicted octanol–water partition coefficient (Wildman–Crippen LogP) is 4.96. The second-order valence-corrected chi connectivity index (χ2v) is 4.01. The van der Waals surface area contributed by atoms with Gasteiger partial charge in [-0.2, -0.15) is 0 Å². The first-order valence-electron chi connectivity index (χ1n) is 6.34. The van der Waals surface area contributed by atoms with E-state index in [2.05, 4.69) is 56.9 Å². The molecule has 0 bridgehead atoms. The first-order chi connectivity index (χ1) is 8.28. The average Bonchev–Trinajstić information content (AvgIpc) is 2.37. The second kappa shape index (κ2) is 6.90. The van der Waals surface area contributed by atoms with Gasteiger partial charge in [-0.15, -0.1) is 0 Å². The number of rotatable bonds is 5. The fourth-order valence-electron chi connectivity index (χ4n) is 2.20. The van der Waals surface area contributed by atoms with Crippen LogP contribution in [0.5, 0.6) is 0 Å². The van der Waals surface area contributed by atoms with Crippen molar-refractivity contribution in [3.63, 3.8) is 0 Å². The minimum atomic E-state index is 1.07. The molecule has 1 rings (SSSR count). The van der Waals surface area contributed by atoms with Crippen LogP contribution in [0.3, 0.4) is 0 Å². The molecular formula is C17H22. The van der Waals surface area contributed by atoms with Crippen LogP contribution >= 0.6 is 0 Å². The van der Waals surface area contributed by atoms with Crippen LogP contribution in [-0.4, -0.2) is 0 Å². The zero-order valence-corrected chi connectivity index (χ0v) is 11.2. The van der Waals surface area contributed by atoms with E-state index in [0.29, 0.717) is 0 Å². The number of hydrogen-bond acceptors (Lipinski definition) is 0. The lowest BCUT2D eigenvalue weighted by Crippen LogP contribution is -1.97. The molecule has 0 aromatic heterocycles. The molecule has 0 spiro atoms. The fourth-order valence-corrected chi connectivity index (χ4v) is 2.20. The van der Waals surface area contributed by atoms with E-state index in [9.17, 15) is 0 Å². The van der Waals surface area contributed by atoms with Gasteiger partial charge in [-0.05, 0) is 42.0 Å². The summed E-state index contributed by atoms with van der Waals surface area (Å²) in [7, 11) is 0. The van der Waals surface area contributed by atoms with Gasteiger partial charge >= 0.3 is 0 Å². The summed E-state index contributed by atoms with van der Waals surface area (Å²) >= 11 is 0. The van der Waals surface area contributed by atoms with Gasteiger partial charge in [-0.1, -0.05) is 62.9 Å². The number of aryl methyl sites for hydroxylation is 1. The number of benzene rings is 1. The third kappa shape index (κ3) is 3.20. The summed E-state index contributed by atoms with van der Waals surface area (Å²) in [4.78, 5) is 0. The van der Waals surface area contributed by atoms with E-state index < -0.39 is 0 Å². The molecule has 0 heteroatoms. The lowest BCUT2D eigenvalue weighted by Gasteiger charge is -2.13. The molecule has 90 valence electrons. The Morgan fingerprint density at radius 1 is 1.24 bits per heavy atom. The summed E-state index contributed by atoms with van der Waals surface area (Å²) < 4.78 is 0. The molecule has 0 fully saturated rings. The Morgan fingerprint density at radius 2 is 2.00 bits per heavy atom. The zero-order chi connectivity index (χ0) is 12.7. The first-order valence-corrected chi connectivity index (χ1v) is 6.34. The standard InChI is InChI=1S/C17H22/c1-5-10-15(11-6-2)17-13-9-12-14(7-3)16(17)8-4/h5-6,9-13H,1,7-8H2,2-4H3/b11-6-,15-10+. The van der Waals surface area contributed by atoms with Crippen LogP contribution in [0.2, 0.25) is 0 Å². The highest BCUT2D eigenvalue weighted by atomic mass is 14.1. The van der Waals surface area contributed by atoms with E-state index in [1.54, 1.807) is 0 Å². The summed E-state index contributed by atoms with van der Waals surface area (Å²) in [6.07, 6.45) is 10.3. The molecule has 0 aliphatic carbocycles. The summed E-state index contributed by atoms with van der Waals surface area (Å²) in [5.74, 6) is 0. The van der Waals surface area contributed by atoms with Gasteiger partial charge in [-0.25, -0.2) is 0 Å². The molecular weight excluding hydrogens is 204 g/mol. The molecule has 0 aliphatic heterocycles. The maximum Gasteiger partial charge on any atom is -0.0149 e. The molecule has 17 heavy (non-hydrogen) atoms. The van der Waals surface area contributed by atoms with Crippen LogP contribution in [0.15, 0.2) is 49.1 Å². The smallest absolute Gasteiger partial charge is 0.0149 e. The summed E-state index contributed by atoms with van der Waals surface area (Å²) in [6, 6.07) is 6.57. The van der Waals surface area contributed by atoms with Gasteiger partial charge in [0.15, 0.2) is 0 Å². The van der Waals surface area contributed by atoms with E-state index in [4.69, 9.17) is 0 Å². The van der Waals surface area contributed by atoms with Crippen LogP contribution in [-0.2, 0) is 12.8 Å². The van der Waals surface area contributed by atoms with Crippen molar-refractivity contribution in [3.8, 4) is 0 Å². The van der Waals surface area contributed by atoms with Crippen LogP contribution < -0.4 is 0 Å². The largest absolute Gasteiger partial charge is 0.0990 e. The van der Waals surface area contributed by atoms with E-state index >= 15 is 0 Å². The van der Waals surface area contributed by atoms with Gasteiger partial charge in [0.2, 0.25) is 0 Å². The van der Waals surface area contributed by atoms with Crippen molar-refractivity contribution in [3.05, 3.63) is 65.8 Å². The third-order valence-corrected chi connectivity index (χ3v) is 2.96. The van der Waals surface area contributed by atoms with Crippen LogP contribution in [0, 0.1) is 0 Å². The number of allylic oxidation sites excluding steroid dienone is 5. The zero-order valence-electron chi connectivity index (χ0n) is 11.2. The summed E-state index contributed by atoms with van der Waals surface area (Å²) in [5.41, 5.74) is 5.49. The van der Waals surface area contributed by atoms with E-state index in [0.717, 1.165) is 12.8 Å². The Bertz CT molecular complexity index is 433. The number of hydrogen-bond donors (Lipinski definition) is 0. The van der Waals surface area contributed by atoms with Crippen molar-refractivity contribution in [2.75, 3.05) is 0 Å². The second-order valence-electron chi connectivity index (χ2n) is 4.01. The molecule has 0 saturated heterocycles. The van der Waals surface area contributed by atoms with E-state index in [1.165, 1.54) is 22.3 Å². The lowest BCUT2D eigenvalue weighted by molar-refractivity contribution is 1.03. The minimum absolute atomic E-state index is 1.07. The minimum Gasteiger partial charge on any atom is -0.0990 e. The molecule has 0 heterocycles. The van der Waals surface area contributed by atoms with Gasteiger partial charge in [0.05, 0.1) is 0 Å². The van der Waals surface area contributed by atoms with E-state index in [1.807, 2.05) is 13.0 Å². The highest BCUT2D eigenvalue weighted by Gasteiger charge is 2.07. The van der Waals surface area contributed by atoms with E-state index in [-0.39, 0.29) is 0 Å². The molecule has 1 aromatic carbocycles. The van der Waals surface area contributed by atoms with Gasteiger partial charge in [-0.3, -0.25) is 0 Å². The fraction of sp³-hybridized carbons (Fsp3) is 0.294. The molecule has 0 amide bonds. The van der Waals surface area contributed by atoms with Gasteiger partial charge in [0.25, 0.3) is 0 Å². The molecule has 0 saturated carbocycles. The average molecular weight is 226 g/mol.